The van der Waals surface area contributed by atoms with Crippen molar-refractivity contribution in [3.05, 3.63) is 12.1 Å². The quantitative estimate of drug-likeness (QED) is 0.766. The number of ether oxygens (including phenoxy) is 2. The van der Waals surface area contributed by atoms with E-state index in [2.05, 4.69) is 4.90 Å². The van der Waals surface area contributed by atoms with Gasteiger partial charge in [0, 0.05) is 24.7 Å². The van der Waals surface area contributed by atoms with Gasteiger partial charge >= 0.3 is 0 Å². The summed E-state index contributed by atoms with van der Waals surface area (Å²) in [6.07, 6.45) is 3.53. The van der Waals surface area contributed by atoms with Crippen molar-refractivity contribution in [2.45, 2.75) is 25.3 Å². The Kier molecular flexibility index (Phi) is 4.37. The molecule has 0 heterocycles. The first kappa shape index (κ1) is 13.8. The van der Waals surface area contributed by atoms with Gasteiger partial charge in [0.25, 0.3) is 0 Å². The molecular weight excluding hydrogens is 244 g/mol. The van der Waals surface area contributed by atoms with E-state index in [0.717, 1.165) is 18.5 Å². The van der Waals surface area contributed by atoms with Gasteiger partial charge in [-0.15, -0.1) is 0 Å². The average Bonchev–Trinajstić information content (AvgIpc) is 2.36. The van der Waals surface area contributed by atoms with Crippen LogP contribution in [-0.2, 0) is 0 Å². The largest absolute Gasteiger partial charge is 0.493 e. The van der Waals surface area contributed by atoms with Crippen molar-refractivity contribution < 1.29 is 14.6 Å². The summed E-state index contributed by atoms with van der Waals surface area (Å²) >= 11 is 0. The Labute approximate surface area is 113 Å². The second-order valence-corrected chi connectivity index (χ2v) is 4.77. The molecule has 0 bridgehead atoms. The molecule has 1 fully saturated rings. The number of nitrogens with zero attached hydrogens (tertiary/aromatic N) is 1. The summed E-state index contributed by atoms with van der Waals surface area (Å²) in [6.45, 7) is 0.703. The van der Waals surface area contributed by atoms with Gasteiger partial charge in [-0.2, -0.15) is 0 Å². The lowest BCUT2D eigenvalue weighted by molar-refractivity contribution is 0.283. The highest BCUT2D eigenvalue weighted by atomic mass is 16.5. The Balaban J connectivity index is 2.35. The summed E-state index contributed by atoms with van der Waals surface area (Å²) in [6, 6.07) is 4.13. The highest BCUT2D eigenvalue weighted by Gasteiger charge is 2.27. The zero-order chi connectivity index (χ0) is 13.8. The number of nitrogen functional groups attached to an aromatic ring is 1. The highest BCUT2D eigenvalue weighted by molar-refractivity contribution is 5.73. The SMILES string of the molecule is COc1cc(N)c(N(CCO)C2CCC2)cc1OC. The Bertz CT molecular complexity index is 433. The molecular formula is C14H22N2O3. The Morgan fingerprint density at radius 1 is 1.26 bits per heavy atom. The summed E-state index contributed by atoms with van der Waals surface area (Å²) in [5.41, 5.74) is 7.67. The molecule has 0 aliphatic heterocycles. The maximum atomic E-state index is 9.25. The van der Waals surface area contributed by atoms with Gasteiger partial charge < -0.3 is 25.2 Å². The summed E-state index contributed by atoms with van der Waals surface area (Å²) in [4.78, 5) is 2.17. The van der Waals surface area contributed by atoms with Crippen molar-refractivity contribution in [3.8, 4) is 11.5 Å². The molecule has 1 aromatic carbocycles. The number of aliphatic hydroxyl groups is 1. The second kappa shape index (κ2) is 6.02. The summed E-state index contributed by atoms with van der Waals surface area (Å²) in [7, 11) is 3.20. The fraction of sp³-hybridized carbons (Fsp3) is 0.571. The van der Waals surface area contributed by atoms with Crippen molar-refractivity contribution in [1.29, 1.82) is 0 Å². The van der Waals surface area contributed by atoms with Gasteiger partial charge in [-0.3, -0.25) is 0 Å². The smallest absolute Gasteiger partial charge is 0.162 e. The topological polar surface area (TPSA) is 68.0 Å². The Hall–Kier alpha value is -1.62. The zero-order valence-electron chi connectivity index (χ0n) is 11.6. The molecule has 106 valence electrons. The van der Waals surface area contributed by atoms with Crippen LogP contribution >= 0.6 is 0 Å². The molecule has 0 spiro atoms. The molecule has 0 unspecified atom stereocenters. The first-order valence-corrected chi connectivity index (χ1v) is 6.60. The molecule has 19 heavy (non-hydrogen) atoms. The molecule has 0 amide bonds. The number of hydrogen-bond donors (Lipinski definition) is 2. The Morgan fingerprint density at radius 2 is 1.89 bits per heavy atom. The van der Waals surface area contributed by atoms with Crippen LogP contribution in [0.25, 0.3) is 0 Å². The molecule has 5 heteroatoms. The highest BCUT2D eigenvalue weighted by Crippen LogP contribution is 2.39. The number of rotatable bonds is 6. The molecule has 0 radical (unpaired) electrons. The lowest BCUT2D eigenvalue weighted by Gasteiger charge is -2.39. The third-order valence-electron chi connectivity index (χ3n) is 3.70. The fourth-order valence-corrected chi connectivity index (χ4v) is 2.44. The van der Waals surface area contributed by atoms with Gasteiger partial charge in [0.05, 0.1) is 32.2 Å². The molecule has 3 N–H and O–H groups in total. The van der Waals surface area contributed by atoms with Gasteiger partial charge in [0.1, 0.15) is 0 Å². The number of hydrogen-bond acceptors (Lipinski definition) is 5. The fourth-order valence-electron chi connectivity index (χ4n) is 2.44. The zero-order valence-corrected chi connectivity index (χ0v) is 11.6. The monoisotopic (exact) mass is 266 g/mol. The summed E-state index contributed by atoms with van der Waals surface area (Å²) < 4.78 is 10.6. The number of benzene rings is 1. The van der Waals surface area contributed by atoms with E-state index >= 15 is 0 Å². The lowest BCUT2D eigenvalue weighted by atomic mass is 9.91. The van der Waals surface area contributed by atoms with Crippen LogP contribution in [0.15, 0.2) is 12.1 Å². The van der Waals surface area contributed by atoms with Crippen LogP contribution in [0.1, 0.15) is 19.3 Å². The minimum absolute atomic E-state index is 0.115. The molecule has 5 nitrogen and oxygen atoms in total. The molecule has 1 aliphatic carbocycles. The normalized spacial score (nSPS) is 14.9. The van der Waals surface area contributed by atoms with Crippen molar-refractivity contribution in [2.75, 3.05) is 38.0 Å². The van der Waals surface area contributed by atoms with E-state index in [1.807, 2.05) is 6.07 Å². The number of anilines is 2. The maximum Gasteiger partial charge on any atom is 0.162 e. The summed E-state index contributed by atoms with van der Waals surface area (Å²) in [5, 5.41) is 9.25. The van der Waals surface area contributed by atoms with Crippen LogP contribution in [0.2, 0.25) is 0 Å². The van der Waals surface area contributed by atoms with E-state index in [9.17, 15) is 5.11 Å². The minimum Gasteiger partial charge on any atom is -0.493 e. The third kappa shape index (κ3) is 2.71. The minimum atomic E-state index is 0.115. The van der Waals surface area contributed by atoms with Crippen LogP contribution < -0.4 is 20.1 Å². The first-order chi connectivity index (χ1) is 9.21. The van der Waals surface area contributed by atoms with Crippen molar-refractivity contribution >= 4 is 11.4 Å². The van der Waals surface area contributed by atoms with E-state index in [4.69, 9.17) is 15.2 Å². The average molecular weight is 266 g/mol. The van der Waals surface area contributed by atoms with E-state index < -0.39 is 0 Å². The lowest BCUT2D eigenvalue weighted by Crippen LogP contribution is -2.42. The number of methoxy groups -OCH3 is 2. The Morgan fingerprint density at radius 3 is 2.37 bits per heavy atom. The van der Waals surface area contributed by atoms with Crippen LogP contribution in [0.3, 0.4) is 0 Å². The number of nitrogens with two attached hydrogens (primary N) is 1. The van der Waals surface area contributed by atoms with E-state index in [1.165, 1.54) is 6.42 Å². The third-order valence-corrected chi connectivity index (χ3v) is 3.70. The van der Waals surface area contributed by atoms with E-state index in [0.29, 0.717) is 29.8 Å². The molecule has 1 aliphatic rings. The molecule has 0 aromatic heterocycles. The predicted molar refractivity (Wildman–Crippen MR) is 76.0 cm³/mol. The second-order valence-electron chi connectivity index (χ2n) is 4.77. The van der Waals surface area contributed by atoms with Crippen LogP contribution in [-0.4, -0.2) is 38.5 Å². The molecule has 0 atom stereocenters. The molecule has 0 saturated heterocycles. The molecule has 1 aromatic rings. The standard InChI is InChI=1S/C14H22N2O3/c1-18-13-8-11(15)12(9-14(13)19-2)16(6-7-17)10-4-3-5-10/h8-10,17H,3-7,15H2,1-2H3. The van der Waals surface area contributed by atoms with Gasteiger partial charge in [-0.1, -0.05) is 0 Å². The number of aliphatic hydroxyl groups excluding tert-OH is 1. The van der Waals surface area contributed by atoms with Crippen molar-refractivity contribution in [2.24, 2.45) is 0 Å². The van der Waals surface area contributed by atoms with Gasteiger partial charge in [0.15, 0.2) is 11.5 Å². The van der Waals surface area contributed by atoms with Crippen LogP contribution in [0, 0.1) is 0 Å². The van der Waals surface area contributed by atoms with Gasteiger partial charge in [0.2, 0.25) is 0 Å². The van der Waals surface area contributed by atoms with E-state index in [1.54, 1.807) is 20.3 Å². The maximum absolute atomic E-state index is 9.25. The molecule has 2 rings (SSSR count). The van der Waals surface area contributed by atoms with E-state index in [-0.39, 0.29) is 6.61 Å². The summed E-state index contributed by atoms with van der Waals surface area (Å²) in [5.74, 6) is 1.29. The van der Waals surface area contributed by atoms with Crippen LogP contribution in [0.4, 0.5) is 11.4 Å². The van der Waals surface area contributed by atoms with Gasteiger partial charge in [-0.25, -0.2) is 0 Å². The van der Waals surface area contributed by atoms with Crippen molar-refractivity contribution in [3.63, 3.8) is 0 Å². The van der Waals surface area contributed by atoms with Gasteiger partial charge in [-0.05, 0) is 19.3 Å². The predicted octanol–water partition coefficient (Wildman–Crippen LogP) is 1.64. The van der Waals surface area contributed by atoms with Crippen molar-refractivity contribution in [1.82, 2.24) is 0 Å². The van der Waals surface area contributed by atoms with Crippen LogP contribution in [0.5, 0.6) is 11.5 Å². The molecule has 1 saturated carbocycles. The first-order valence-electron chi connectivity index (χ1n) is 6.60.